The lowest BCUT2D eigenvalue weighted by molar-refractivity contribution is -0.120. The predicted molar refractivity (Wildman–Crippen MR) is 81.6 cm³/mol. The van der Waals surface area contributed by atoms with E-state index in [1.54, 1.807) is 13.0 Å². The highest BCUT2D eigenvalue weighted by Crippen LogP contribution is 2.27. The molecular formula is C14H18ClNO3S. The SMILES string of the molecule is CCCCNC(=O)C(C)Sc1ccc(Cl)c(C(=O)O)c1. The molecule has 0 spiro atoms. The molecular weight excluding hydrogens is 298 g/mol. The van der Waals surface area contributed by atoms with E-state index in [-0.39, 0.29) is 21.7 Å². The first kappa shape index (κ1) is 16.9. The summed E-state index contributed by atoms with van der Waals surface area (Å²) >= 11 is 7.12. The minimum absolute atomic E-state index is 0.0460. The van der Waals surface area contributed by atoms with E-state index >= 15 is 0 Å². The van der Waals surface area contributed by atoms with Crippen LogP contribution >= 0.6 is 23.4 Å². The van der Waals surface area contributed by atoms with Gasteiger partial charge in [0.15, 0.2) is 0 Å². The molecule has 1 unspecified atom stereocenters. The lowest BCUT2D eigenvalue weighted by atomic mass is 10.2. The lowest BCUT2D eigenvalue weighted by Gasteiger charge is -2.12. The van der Waals surface area contributed by atoms with Crippen molar-refractivity contribution in [3.8, 4) is 0 Å². The van der Waals surface area contributed by atoms with Crippen molar-refractivity contribution in [3.63, 3.8) is 0 Å². The molecule has 20 heavy (non-hydrogen) atoms. The third kappa shape index (κ3) is 5.06. The van der Waals surface area contributed by atoms with Gasteiger partial charge in [-0.2, -0.15) is 0 Å². The van der Waals surface area contributed by atoms with E-state index in [2.05, 4.69) is 12.2 Å². The number of benzene rings is 1. The number of carboxylic acids is 1. The highest BCUT2D eigenvalue weighted by Gasteiger charge is 2.16. The number of amides is 1. The van der Waals surface area contributed by atoms with Crippen molar-refractivity contribution < 1.29 is 14.7 Å². The largest absolute Gasteiger partial charge is 0.478 e. The van der Waals surface area contributed by atoms with Crippen molar-refractivity contribution in [2.75, 3.05) is 6.54 Å². The van der Waals surface area contributed by atoms with E-state index in [0.29, 0.717) is 11.4 Å². The van der Waals surface area contributed by atoms with Crippen LogP contribution in [0.25, 0.3) is 0 Å². The van der Waals surface area contributed by atoms with Crippen molar-refractivity contribution in [1.82, 2.24) is 5.32 Å². The van der Waals surface area contributed by atoms with E-state index in [1.807, 2.05) is 0 Å². The van der Waals surface area contributed by atoms with Crippen LogP contribution in [0.1, 0.15) is 37.0 Å². The zero-order valence-electron chi connectivity index (χ0n) is 11.5. The Bertz CT molecular complexity index is 493. The number of carbonyl (C=O) groups excluding carboxylic acids is 1. The molecule has 0 aromatic heterocycles. The van der Waals surface area contributed by atoms with Gasteiger partial charge >= 0.3 is 5.97 Å². The Labute approximate surface area is 127 Å². The van der Waals surface area contributed by atoms with Gasteiger partial charge in [0.2, 0.25) is 5.91 Å². The maximum absolute atomic E-state index is 11.8. The van der Waals surface area contributed by atoms with Gasteiger partial charge in [-0.25, -0.2) is 4.79 Å². The number of nitrogens with one attached hydrogen (secondary N) is 1. The molecule has 0 bridgehead atoms. The molecule has 1 rings (SSSR count). The molecule has 0 aliphatic rings. The number of thioether (sulfide) groups is 1. The number of hydrogen-bond donors (Lipinski definition) is 2. The lowest BCUT2D eigenvalue weighted by Crippen LogP contribution is -2.31. The maximum Gasteiger partial charge on any atom is 0.337 e. The van der Waals surface area contributed by atoms with E-state index in [9.17, 15) is 9.59 Å². The van der Waals surface area contributed by atoms with Gasteiger partial charge in [-0.3, -0.25) is 4.79 Å². The van der Waals surface area contributed by atoms with Crippen LogP contribution < -0.4 is 5.32 Å². The Morgan fingerprint density at radius 2 is 2.15 bits per heavy atom. The van der Waals surface area contributed by atoms with Gasteiger partial charge in [0.05, 0.1) is 15.8 Å². The molecule has 0 heterocycles. The smallest absolute Gasteiger partial charge is 0.337 e. The zero-order valence-corrected chi connectivity index (χ0v) is 13.1. The monoisotopic (exact) mass is 315 g/mol. The summed E-state index contributed by atoms with van der Waals surface area (Å²) in [5, 5.41) is 11.8. The second kappa shape index (κ2) is 8.17. The first-order valence-electron chi connectivity index (χ1n) is 6.43. The summed E-state index contributed by atoms with van der Waals surface area (Å²) in [6.07, 6.45) is 1.98. The van der Waals surface area contributed by atoms with Crippen LogP contribution in [0.4, 0.5) is 0 Å². The van der Waals surface area contributed by atoms with Crippen LogP contribution in [-0.4, -0.2) is 28.8 Å². The number of carbonyl (C=O) groups is 2. The Balaban J connectivity index is 2.66. The van der Waals surface area contributed by atoms with Crippen LogP contribution in [-0.2, 0) is 4.79 Å². The van der Waals surface area contributed by atoms with Crippen LogP contribution in [0.3, 0.4) is 0 Å². The van der Waals surface area contributed by atoms with Crippen molar-refractivity contribution in [2.45, 2.75) is 36.8 Å². The number of aromatic carboxylic acids is 1. The van der Waals surface area contributed by atoms with Crippen LogP contribution in [0, 0.1) is 0 Å². The maximum atomic E-state index is 11.8. The van der Waals surface area contributed by atoms with Crippen LogP contribution in [0.5, 0.6) is 0 Å². The molecule has 1 aromatic carbocycles. The molecule has 6 heteroatoms. The van der Waals surface area contributed by atoms with Crippen molar-refractivity contribution in [3.05, 3.63) is 28.8 Å². The number of carboxylic acid groups (broad SMARTS) is 1. The normalized spacial score (nSPS) is 11.9. The topological polar surface area (TPSA) is 66.4 Å². The highest BCUT2D eigenvalue weighted by atomic mass is 35.5. The summed E-state index contributed by atoms with van der Waals surface area (Å²) in [4.78, 5) is 23.5. The molecule has 1 amide bonds. The second-order valence-corrected chi connectivity index (χ2v) is 6.17. The first-order chi connectivity index (χ1) is 9.45. The van der Waals surface area contributed by atoms with E-state index in [4.69, 9.17) is 16.7 Å². The van der Waals surface area contributed by atoms with Gasteiger partial charge in [0.25, 0.3) is 0 Å². The Kier molecular flexibility index (Phi) is 6.88. The van der Waals surface area contributed by atoms with Crippen LogP contribution in [0.15, 0.2) is 23.1 Å². The number of unbranched alkanes of at least 4 members (excludes halogenated alkanes) is 1. The summed E-state index contributed by atoms with van der Waals surface area (Å²) < 4.78 is 0. The Morgan fingerprint density at radius 1 is 1.45 bits per heavy atom. The van der Waals surface area contributed by atoms with Gasteiger partial charge in [-0.15, -0.1) is 11.8 Å². The molecule has 110 valence electrons. The number of hydrogen-bond acceptors (Lipinski definition) is 3. The molecule has 0 aliphatic heterocycles. The van der Waals surface area contributed by atoms with Gasteiger partial charge in [0, 0.05) is 11.4 Å². The summed E-state index contributed by atoms with van der Waals surface area (Å²) in [5.74, 6) is -1.12. The Hall–Kier alpha value is -1.20. The van der Waals surface area contributed by atoms with Crippen molar-refractivity contribution >= 4 is 35.2 Å². The quantitative estimate of drug-likeness (QED) is 0.597. The van der Waals surface area contributed by atoms with Gasteiger partial charge in [0.1, 0.15) is 0 Å². The number of halogens is 1. The van der Waals surface area contributed by atoms with Gasteiger partial charge in [-0.1, -0.05) is 24.9 Å². The third-order valence-corrected chi connectivity index (χ3v) is 4.10. The zero-order chi connectivity index (χ0) is 15.1. The summed E-state index contributed by atoms with van der Waals surface area (Å²) in [7, 11) is 0. The highest BCUT2D eigenvalue weighted by molar-refractivity contribution is 8.00. The minimum Gasteiger partial charge on any atom is -0.478 e. The summed E-state index contributed by atoms with van der Waals surface area (Å²) in [6.45, 7) is 4.52. The first-order valence-corrected chi connectivity index (χ1v) is 7.68. The molecule has 1 atom stereocenters. The fourth-order valence-electron chi connectivity index (χ4n) is 1.53. The van der Waals surface area contributed by atoms with E-state index in [0.717, 1.165) is 12.8 Å². The molecule has 0 aliphatic carbocycles. The molecule has 4 nitrogen and oxygen atoms in total. The molecule has 1 aromatic rings. The predicted octanol–water partition coefficient (Wildman–Crippen LogP) is 3.44. The summed E-state index contributed by atoms with van der Waals surface area (Å²) in [6, 6.07) is 4.75. The molecule has 2 N–H and O–H groups in total. The third-order valence-electron chi connectivity index (χ3n) is 2.68. The molecule has 0 fully saturated rings. The second-order valence-electron chi connectivity index (χ2n) is 4.35. The van der Waals surface area contributed by atoms with Gasteiger partial charge < -0.3 is 10.4 Å². The average Bonchev–Trinajstić information content (AvgIpc) is 2.40. The fourth-order valence-corrected chi connectivity index (χ4v) is 2.66. The number of rotatable bonds is 7. The van der Waals surface area contributed by atoms with E-state index < -0.39 is 5.97 Å². The van der Waals surface area contributed by atoms with E-state index in [1.165, 1.54) is 23.9 Å². The molecule has 0 saturated heterocycles. The standard InChI is InChI=1S/C14H18ClNO3S/c1-3-4-7-16-13(17)9(2)20-10-5-6-12(15)11(8-10)14(18)19/h5-6,8-9H,3-4,7H2,1-2H3,(H,16,17)(H,18,19). The summed E-state index contributed by atoms with van der Waals surface area (Å²) in [5.41, 5.74) is 0.0512. The fraction of sp³-hybridized carbons (Fsp3) is 0.429. The van der Waals surface area contributed by atoms with Gasteiger partial charge in [-0.05, 0) is 31.5 Å². The van der Waals surface area contributed by atoms with Crippen LogP contribution in [0.2, 0.25) is 5.02 Å². The Morgan fingerprint density at radius 3 is 2.75 bits per heavy atom. The molecule has 0 radical (unpaired) electrons. The van der Waals surface area contributed by atoms with Crippen molar-refractivity contribution in [1.29, 1.82) is 0 Å². The minimum atomic E-state index is -1.07. The van der Waals surface area contributed by atoms with Crippen molar-refractivity contribution in [2.24, 2.45) is 0 Å². The molecule has 0 saturated carbocycles. The average molecular weight is 316 g/mol.